The summed E-state index contributed by atoms with van der Waals surface area (Å²) in [7, 11) is 1.46. The Hall–Kier alpha value is -3.12. The number of alkyl carbamates (subject to hydrolysis) is 1. The fourth-order valence-corrected chi connectivity index (χ4v) is 4.36. The summed E-state index contributed by atoms with van der Waals surface area (Å²) in [6.07, 6.45) is 0.277. The molecular formula is C32H42F3NO7. The van der Waals surface area contributed by atoms with E-state index in [4.69, 9.17) is 28.4 Å². The second-order valence-electron chi connectivity index (χ2n) is 11.3. The molecule has 1 saturated heterocycles. The van der Waals surface area contributed by atoms with Crippen molar-refractivity contribution >= 4 is 12.2 Å². The SMILES string of the molecule is COCOCC(/C=C/c1ccc(OCc2ccccc2)c(C(F)(F)F)c1)(CCOC1CCCCO1)NC(=O)OC(C)(C)C. The average Bonchev–Trinajstić information content (AvgIpc) is 2.95. The summed E-state index contributed by atoms with van der Waals surface area (Å²) in [5.74, 6) is -0.282. The topological polar surface area (TPSA) is 84.5 Å². The molecule has 1 heterocycles. The third-order valence-electron chi connectivity index (χ3n) is 6.44. The van der Waals surface area contributed by atoms with Crippen molar-refractivity contribution in [2.75, 3.05) is 33.7 Å². The van der Waals surface area contributed by atoms with Crippen molar-refractivity contribution in [3.8, 4) is 5.75 Å². The van der Waals surface area contributed by atoms with E-state index in [1.807, 2.05) is 6.07 Å². The van der Waals surface area contributed by atoms with Crippen LogP contribution in [0.4, 0.5) is 18.0 Å². The van der Waals surface area contributed by atoms with Gasteiger partial charge in [0.2, 0.25) is 0 Å². The molecule has 238 valence electrons. The number of amides is 1. The maximum absolute atomic E-state index is 14.1. The number of carbonyl (C=O) groups excluding carboxylic acids is 1. The molecule has 0 spiro atoms. The lowest BCUT2D eigenvalue weighted by Gasteiger charge is -2.33. The number of ether oxygens (including phenoxy) is 6. The maximum Gasteiger partial charge on any atom is 0.419 e. The van der Waals surface area contributed by atoms with Gasteiger partial charge in [-0.25, -0.2) is 4.79 Å². The maximum atomic E-state index is 14.1. The Bertz CT molecular complexity index is 1160. The van der Waals surface area contributed by atoms with Crippen LogP contribution in [-0.4, -0.2) is 57.2 Å². The van der Waals surface area contributed by atoms with Crippen LogP contribution in [0.3, 0.4) is 0 Å². The number of hydrogen-bond donors (Lipinski definition) is 1. The van der Waals surface area contributed by atoms with Crippen molar-refractivity contribution in [1.29, 1.82) is 0 Å². The quantitative estimate of drug-likeness (QED) is 0.180. The second kappa shape index (κ2) is 16.1. The summed E-state index contributed by atoms with van der Waals surface area (Å²) in [5.41, 5.74) is -1.91. The highest BCUT2D eigenvalue weighted by atomic mass is 19.4. The molecule has 1 aliphatic rings. The van der Waals surface area contributed by atoms with Crippen molar-refractivity contribution in [3.05, 3.63) is 71.3 Å². The lowest BCUT2D eigenvalue weighted by atomic mass is 9.94. The average molecular weight is 610 g/mol. The van der Waals surface area contributed by atoms with Gasteiger partial charge < -0.3 is 33.7 Å². The molecule has 1 N–H and O–H groups in total. The fraction of sp³-hybridized carbons (Fsp3) is 0.531. The zero-order chi connectivity index (χ0) is 31.3. The van der Waals surface area contributed by atoms with E-state index in [0.717, 1.165) is 30.9 Å². The summed E-state index contributed by atoms with van der Waals surface area (Å²) in [4.78, 5) is 12.9. The van der Waals surface area contributed by atoms with Crippen LogP contribution in [0.2, 0.25) is 0 Å². The minimum Gasteiger partial charge on any atom is -0.488 e. The van der Waals surface area contributed by atoms with Crippen molar-refractivity contribution in [2.24, 2.45) is 0 Å². The van der Waals surface area contributed by atoms with Crippen molar-refractivity contribution in [3.63, 3.8) is 0 Å². The molecule has 1 amide bonds. The fourth-order valence-electron chi connectivity index (χ4n) is 4.36. The Morgan fingerprint density at radius 1 is 1.09 bits per heavy atom. The van der Waals surface area contributed by atoms with Crippen LogP contribution in [0.1, 0.15) is 63.1 Å². The van der Waals surface area contributed by atoms with E-state index in [1.165, 1.54) is 25.3 Å². The Morgan fingerprint density at radius 2 is 1.86 bits per heavy atom. The largest absolute Gasteiger partial charge is 0.488 e. The van der Waals surface area contributed by atoms with Gasteiger partial charge in [0.25, 0.3) is 0 Å². The minimum atomic E-state index is -4.66. The van der Waals surface area contributed by atoms with E-state index in [9.17, 15) is 18.0 Å². The first kappa shape index (κ1) is 34.4. The minimum absolute atomic E-state index is 0.0103. The van der Waals surface area contributed by atoms with Gasteiger partial charge in [0.05, 0.1) is 24.3 Å². The van der Waals surface area contributed by atoms with Crippen LogP contribution in [0.5, 0.6) is 5.75 Å². The monoisotopic (exact) mass is 609 g/mol. The Labute approximate surface area is 251 Å². The summed E-state index contributed by atoms with van der Waals surface area (Å²) >= 11 is 0. The first-order valence-electron chi connectivity index (χ1n) is 14.3. The summed E-state index contributed by atoms with van der Waals surface area (Å²) in [5, 5.41) is 2.85. The molecule has 2 unspecified atom stereocenters. The van der Waals surface area contributed by atoms with Gasteiger partial charge >= 0.3 is 12.3 Å². The molecule has 2 aromatic carbocycles. The van der Waals surface area contributed by atoms with Gasteiger partial charge in [-0.3, -0.25) is 0 Å². The van der Waals surface area contributed by atoms with Crippen LogP contribution in [0.25, 0.3) is 6.08 Å². The van der Waals surface area contributed by atoms with E-state index in [1.54, 1.807) is 51.1 Å². The third kappa shape index (κ3) is 12.2. The molecule has 0 aromatic heterocycles. The van der Waals surface area contributed by atoms with Gasteiger partial charge in [0.15, 0.2) is 6.29 Å². The predicted octanol–water partition coefficient (Wildman–Crippen LogP) is 7.11. The van der Waals surface area contributed by atoms with Crippen LogP contribution in [-0.2, 0) is 36.5 Å². The first-order valence-corrected chi connectivity index (χ1v) is 14.3. The number of rotatable bonds is 14. The Morgan fingerprint density at radius 3 is 2.51 bits per heavy atom. The molecule has 0 radical (unpaired) electrons. The van der Waals surface area contributed by atoms with Crippen LogP contribution in [0, 0.1) is 0 Å². The predicted molar refractivity (Wildman–Crippen MR) is 155 cm³/mol. The molecule has 1 aliphatic heterocycles. The molecule has 1 fully saturated rings. The Kier molecular flexibility index (Phi) is 12.9. The van der Waals surface area contributed by atoms with E-state index < -0.39 is 29.0 Å². The normalized spacial score (nSPS) is 17.4. The second-order valence-corrected chi connectivity index (χ2v) is 11.3. The van der Waals surface area contributed by atoms with Crippen molar-refractivity contribution < 1.29 is 46.4 Å². The van der Waals surface area contributed by atoms with E-state index in [2.05, 4.69) is 5.32 Å². The van der Waals surface area contributed by atoms with Crippen LogP contribution >= 0.6 is 0 Å². The van der Waals surface area contributed by atoms with Crippen molar-refractivity contribution in [2.45, 2.75) is 76.7 Å². The summed E-state index contributed by atoms with van der Waals surface area (Å²) in [6.45, 7) is 5.85. The van der Waals surface area contributed by atoms with E-state index >= 15 is 0 Å². The standard InChI is InChI=1S/C32H42F3NO7/c1-30(2,3)43-29(37)36-31(22-39-23-38-4,17-19-41-28-12-8-9-18-40-28)16-15-24-13-14-27(26(20-24)32(33,34)35)42-21-25-10-6-5-7-11-25/h5-7,10-11,13-16,20,28H,8-9,12,17-19,21-23H2,1-4H3,(H,36,37)/b16-15+. The van der Waals surface area contributed by atoms with E-state index in [0.29, 0.717) is 6.61 Å². The molecule has 0 aliphatic carbocycles. The van der Waals surface area contributed by atoms with Gasteiger partial charge in [-0.05, 0) is 69.7 Å². The number of hydrogen-bond acceptors (Lipinski definition) is 7. The number of carbonyl (C=O) groups is 1. The van der Waals surface area contributed by atoms with Gasteiger partial charge in [-0.2, -0.15) is 13.2 Å². The molecule has 0 saturated carbocycles. The van der Waals surface area contributed by atoms with Crippen molar-refractivity contribution in [1.82, 2.24) is 5.32 Å². The number of alkyl halides is 3. The Balaban J connectivity index is 1.88. The number of methoxy groups -OCH3 is 1. The highest BCUT2D eigenvalue weighted by Crippen LogP contribution is 2.37. The lowest BCUT2D eigenvalue weighted by molar-refractivity contribution is -0.165. The van der Waals surface area contributed by atoms with Gasteiger partial charge in [0, 0.05) is 13.7 Å². The highest BCUT2D eigenvalue weighted by Gasteiger charge is 2.35. The summed E-state index contributed by atoms with van der Waals surface area (Å²) in [6, 6.07) is 12.8. The molecule has 11 heteroatoms. The molecule has 43 heavy (non-hydrogen) atoms. The number of nitrogens with one attached hydrogen (secondary N) is 1. The van der Waals surface area contributed by atoms with Crippen LogP contribution in [0.15, 0.2) is 54.6 Å². The number of halogens is 3. The third-order valence-corrected chi connectivity index (χ3v) is 6.44. The molecule has 0 bridgehead atoms. The molecular weight excluding hydrogens is 567 g/mol. The first-order chi connectivity index (χ1) is 20.4. The lowest BCUT2D eigenvalue weighted by Crippen LogP contribution is -2.52. The van der Waals surface area contributed by atoms with Crippen LogP contribution < -0.4 is 10.1 Å². The van der Waals surface area contributed by atoms with Gasteiger partial charge in [-0.1, -0.05) is 48.6 Å². The zero-order valence-corrected chi connectivity index (χ0v) is 25.2. The number of benzene rings is 2. The van der Waals surface area contributed by atoms with Gasteiger partial charge in [-0.15, -0.1) is 0 Å². The van der Waals surface area contributed by atoms with Gasteiger partial charge in [0.1, 0.15) is 24.8 Å². The smallest absolute Gasteiger partial charge is 0.419 e. The van der Waals surface area contributed by atoms with E-state index in [-0.39, 0.29) is 50.6 Å². The molecule has 2 atom stereocenters. The summed E-state index contributed by atoms with van der Waals surface area (Å²) < 4.78 is 75.5. The molecule has 2 aromatic rings. The molecule has 3 rings (SSSR count). The highest BCUT2D eigenvalue weighted by molar-refractivity contribution is 5.70. The molecule has 8 nitrogen and oxygen atoms in total. The zero-order valence-electron chi connectivity index (χ0n) is 25.2.